The summed E-state index contributed by atoms with van der Waals surface area (Å²) in [6.07, 6.45) is 4.58. The van der Waals surface area contributed by atoms with Crippen molar-refractivity contribution in [3.63, 3.8) is 0 Å². The summed E-state index contributed by atoms with van der Waals surface area (Å²) in [7, 11) is -3.52. The molecule has 2 saturated heterocycles. The molecule has 2 atom stereocenters. The van der Waals surface area contributed by atoms with Crippen LogP contribution in [0.15, 0.2) is 11.2 Å². The maximum atomic E-state index is 12.8. The molecule has 2 fully saturated rings. The van der Waals surface area contributed by atoms with Crippen LogP contribution in [0.3, 0.4) is 0 Å². The highest BCUT2D eigenvalue weighted by Crippen LogP contribution is 2.30. The first kappa shape index (κ1) is 15.0. The summed E-state index contributed by atoms with van der Waals surface area (Å²) in [6.45, 7) is 4.32. The van der Waals surface area contributed by atoms with Gasteiger partial charge in [0.1, 0.15) is 0 Å². The van der Waals surface area contributed by atoms with Gasteiger partial charge in [-0.1, -0.05) is 6.92 Å². The zero-order valence-electron chi connectivity index (χ0n) is 12.2. The third-order valence-electron chi connectivity index (χ3n) is 4.03. The number of hydrogen-bond acceptors (Lipinski definition) is 5. The zero-order valence-corrected chi connectivity index (χ0v) is 13.0. The van der Waals surface area contributed by atoms with Crippen LogP contribution in [-0.4, -0.2) is 54.8 Å². The Morgan fingerprint density at radius 3 is 2.81 bits per heavy atom. The van der Waals surface area contributed by atoms with Gasteiger partial charge in [0.05, 0.1) is 18.4 Å². The number of hydrogen-bond donors (Lipinski definition) is 2. The smallest absolute Gasteiger partial charge is 0.260 e. The Hall–Kier alpha value is -0.960. The molecule has 2 aliphatic rings. The molecule has 7 nitrogen and oxygen atoms in total. The average molecular weight is 314 g/mol. The van der Waals surface area contributed by atoms with Crippen molar-refractivity contribution >= 4 is 10.0 Å². The molecule has 2 bridgehead atoms. The average Bonchev–Trinajstić information content (AvgIpc) is 3.06. The Labute approximate surface area is 125 Å². The van der Waals surface area contributed by atoms with Crippen LogP contribution < -0.4 is 5.32 Å². The van der Waals surface area contributed by atoms with Crippen molar-refractivity contribution in [2.24, 2.45) is 0 Å². The summed E-state index contributed by atoms with van der Waals surface area (Å²) in [5.74, 6) is 0. The predicted molar refractivity (Wildman–Crippen MR) is 77.2 cm³/mol. The molecule has 21 heavy (non-hydrogen) atoms. The molecule has 0 saturated carbocycles. The van der Waals surface area contributed by atoms with E-state index < -0.39 is 10.0 Å². The van der Waals surface area contributed by atoms with Crippen LogP contribution in [-0.2, 0) is 21.3 Å². The summed E-state index contributed by atoms with van der Waals surface area (Å²) in [4.78, 5) is 0. The Morgan fingerprint density at radius 1 is 1.43 bits per heavy atom. The number of ether oxygens (including phenoxy) is 1. The van der Waals surface area contributed by atoms with Crippen LogP contribution in [0.5, 0.6) is 0 Å². The lowest BCUT2D eigenvalue weighted by molar-refractivity contribution is -0.0115. The maximum Gasteiger partial charge on any atom is 0.260 e. The lowest BCUT2D eigenvalue weighted by atomic mass is 10.2. The number of nitrogens with zero attached hydrogens (tertiary/aromatic N) is 2. The molecule has 1 aromatic heterocycles. The van der Waals surface area contributed by atoms with Crippen molar-refractivity contribution in [2.75, 3.05) is 19.6 Å². The highest BCUT2D eigenvalue weighted by atomic mass is 32.2. The van der Waals surface area contributed by atoms with Crippen molar-refractivity contribution in [1.29, 1.82) is 0 Å². The van der Waals surface area contributed by atoms with Crippen LogP contribution >= 0.6 is 0 Å². The number of morpholine rings is 1. The van der Waals surface area contributed by atoms with Gasteiger partial charge in [0.25, 0.3) is 10.0 Å². The van der Waals surface area contributed by atoms with Crippen molar-refractivity contribution in [3.8, 4) is 0 Å². The van der Waals surface area contributed by atoms with Gasteiger partial charge in [0.15, 0.2) is 5.03 Å². The number of sulfonamides is 1. The molecule has 2 N–H and O–H groups in total. The molecule has 3 rings (SSSR count). The highest BCUT2D eigenvalue weighted by Gasteiger charge is 2.40. The van der Waals surface area contributed by atoms with Crippen LogP contribution in [0.1, 0.15) is 31.7 Å². The summed E-state index contributed by atoms with van der Waals surface area (Å²) >= 11 is 0. The lowest BCUT2D eigenvalue weighted by Gasteiger charge is -2.31. The summed E-state index contributed by atoms with van der Waals surface area (Å²) in [6, 6.07) is 0. The Kier molecular flexibility index (Phi) is 4.30. The Balaban J connectivity index is 1.77. The van der Waals surface area contributed by atoms with E-state index in [1.807, 2.05) is 0 Å². The Bertz CT molecular complexity index is 574. The van der Waals surface area contributed by atoms with Gasteiger partial charge in [-0.25, -0.2) is 8.42 Å². The predicted octanol–water partition coefficient (Wildman–Crippen LogP) is 0.461. The molecule has 2 unspecified atom stereocenters. The van der Waals surface area contributed by atoms with E-state index in [-0.39, 0.29) is 17.2 Å². The van der Waals surface area contributed by atoms with Crippen molar-refractivity contribution in [3.05, 3.63) is 11.8 Å². The summed E-state index contributed by atoms with van der Waals surface area (Å²) in [5, 5.41) is 10.0. The van der Waals surface area contributed by atoms with Crippen LogP contribution in [0.2, 0.25) is 0 Å². The largest absolute Gasteiger partial charge is 0.372 e. The molecule has 8 heteroatoms. The fourth-order valence-electron chi connectivity index (χ4n) is 2.95. The van der Waals surface area contributed by atoms with E-state index >= 15 is 0 Å². The van der Waals surface area contributed by atoms with Crippen LogP contribution in [0.4, 0.5) is 0 Å². The third-order valence-corrected chi connectivity index (χ3v) is 5.88. The molecule has 0 aromatic carbocycles. The summed E-state index contributed by atoms with van der Waals surface area (Å²) in [5.41, 5.74) is 0.697. The van der Waals surface area contributed by atoms with Crippen molar-refractivity contribution in [1.82, 2.24) is 19.8 Å². The fraction of sp³-hybridized carbons (Fsp3) is 0.769. The minimum absolute atomic E-state index is 0.0445. The zero-order chi connectivity index (χ0) is 14.9. The Morgan fingerprint density at radius 2 is 2.14 bits per heavy atom. The molecule has 2 aliphatic heterocycles. The summed E-state index contributed by atoms with van der Waals surface area (Å²) < 4.78 is 32.8. The van der Waals surface area contributed by atoms with Crippen molar-refractivity contribution in [2.45, 2.75) is 50.0 Å². The molecular formula is C13H22N4O3S. The van der Waals surface area contributed by atoms with Gasteiger partial charge < -0.3 is 10.1 Å². The van der Waals surface area contributed by atoms with E-state index in [4.69, 9.17) is 4.74 Å². The number of H-pyrrole nitrogens is 1. The molecule has 3 heterocycles. The van der Waals surface area contributed by atoms with Gasteiger partial charge >= 0.3 is 0 Å². The molecule has 0 radical (unpaired) electrons. The van der Waals surface area contributed by atoms with Gasteiger partial charge in [-0.05, 0) is 25.8 Å². The monoisotopic (exact) mass is 314 g/mol. The minimum Gasteiger partial charge on any atom is -0.372 e. The van der Waals surface area contributed by atoms with Crippen LogP contribution in [0.25, 0.3) is 0 Å². The van der Waals surface area contributed by atoms with Gasteiger partial charge in [0.2, 0.25) is 0 Å². The van der Waals surface area contributed by atoms with Gasteiger partial charge in [-0.2, -0.15) is 9.40 Å². The van der Waals surface area contributed by atoms with Crippen molar-refractivity contribution < 1.29 is 13.2 Å². The second-order valence-corrected chi connectivity index (χ2v) is 7.56. The first-order valence-corrected chi connectivity index (χ1v) is 8.94. The lowest BCUT2D eigenvalue weighted by Crippen LogP contribution is -2.46. The second-order valence-electron chi connectivity index (χ2n) is 5.68. The van der Waals surface area contributed by atoms with E-state index in [1.54, 1.807) is 6.20 Å². The maximum absolute atomic E-state index is 12.8. The van der Waals surface area contributed by atoms with Gasteiger partial charge in [0, 0.05) is 25.2 Å². The molecule has 0 spiro atoms. The number of nitrogens with one attached hydrogen (secondary N) is 2. The van der Waals surface area contributed by atoms with E-state index in [0.29, 0.717) is 25.2 Å². The third kappa shape index (κ3) is 2.98. The topological polar surface area (TPSA) is 87.3 Å². The van der Waals surface area contributed by atoms with E-state index in [2.05, 4.69) is 22.4 Å². The molecular weight excluding hydrogens is 292 g/mol. The normalized spacial score (nSPS) is 26.3. The SMILES string of the molecule is CCCNCc1cn[nH]c1S(=O)(=O)N1CC2CCC(C1)O2. The number of fused-ring (bicyclic) bond motifs is 2. The highest BCUT2D eigenvalue weighted by molar-refractivity contribution is 7.89. The fourth-order valence-corrected chi connectivity index (χ4v) is 4.56. The molecule has 118 valence electrons. The number of aromatic amines is 1. The van der Waals surface area contributed by atoms with Crippen LogP contribution in [0, 0.1) is 0 Å². The minimum atomic E-state index is -3.52. The first-order chi connectivity index (χ1) is 10.1. The quantitative estimate of drug-likeness (QED) is 0.745. The molecule has 0 aliphatic carbocycles. The first-order valence-electron chi connectivity index (χ1n) is 7.50. The number of rotatable bonds is 6. The van der Waals surface area contributed by atoms with E-state index in [1.165, 1.54) is 4.31 Å². The number of aromatic nitrogens is 2. The second kappa shape index (κ2) is 6.04. The van der Waals surface area contributed by atoms with E-state index in [0.717, 1.165) is 25.8 Å². The molecule has 0 amide bonds. The molecule has 1 aromatic rings. The van der Waals surface area contributed by atoms with Gasteiger partial charge in [-0.15, -0.1) is 0 Å². The van der Waals surface area contributed by atoms with Gasteiger partial charge in [-0.3, -0.25) is 5.10 Å². The van der Waals surface area contributed by atoms with E-state index in [9.17, 15) is 8.42 Å². The standard InChI is InChI=1S/C13H22N4O3S/c1-2-5-14-6-10-7-15-16-13(10)21(18,19)17-8-11-3-4-12(9-17)20-11/h7,11-12,14H,2-6,8-9H2,1H3,(H,15,16).